The number of nitrogens with zero attached hydrogens (tertiary/aromatic N) is 3. The molecule has 126 valence electrons. The van der Waals surface area contributed by atoms with Gasteiger partial charge in [-0.1, -0.05) is 6.07 Å². The van der Waals surface area contributed by atoms with Crippen LogP contribution in [-0.4, -0.2) is 27.7 Å². The molecule has 3 rings (SSSR count). The minimum absolute atomic E-state index is 0.178. The molecule has 2 heterocycles. The summed E-state index contributed by atoms with van der Waals surface area (Å²) in [6.45, 7) is 6.89. The van der Waals surface area contributed by atoms with Crippen LogP contribution < -0.4 is 0 Å². The first-order chi connectivity index (χ1) is 11.2. The fraction of sp³-hybridized carbons (Fsp3) is 0.353. The number of halogens is 2. The van der Waals surface area contributed by atoms with E-state index >= 15 is 0 Å². The number of hydrogen-bond acceptors (Lipinski definition) is 4. The molecule has 5 nitrogen and oxygen atoms in total. The molecule has 1 aliphatic heterocycles. The van der Waals surface area contributed by atoms with Crippen molar-refractivity contribution in [2.45, 2.75) is 39.3 Å². The van der Waals surface area contributed by atoms with Crippen LogP contribution >= 0.6 is 0 Å². The van der Waals surface area contributed by atoms with E-state index in [0.717, 1.165) is 0 Å². The van der Waals surface area contributed by atoms with Gasteiger partial charge in [0.25, 0.3) is 0 Å². The van der Waals surface area contributed by atoms with Gasteiger partial charge in [-0.3, -0.25) is 4.68 Å². The van der Waals surface area contributed by atoms with Crippen LogP contribution in [-0.2, 0) is 15.1 Å². The van der Waals surface area contributed by atoms with Crippen molar-refractivity contribution in [3.63, 3.8) is 0 Å². The number of carbonyl (C=O) groups is 1. The van der Waals surface area contributed by atoms with Gasteiger partial charge in [0.2, 0.25) is 5.90 Å². The molecule has 2 aromatic rings. The van der Waals surface area contributed by atoms with Crippen LogP contribution in [0, 0.1) is 18.6 Å². The van der Waals surface area contributed by atoms with Crippen LogP contribution in [0.1, 0.15) is 26.3 Å². The Morgan fingerprint density at radius 3 is 2.42 bits per heavy atom. The molecule has 1 aromatic heterocycles. The Kier molecular flexibility index (Phi) is 3.74. The van der Waals surface area contributed by atoms with Crippen LogP contribution in [0.5, 0.6) is 0 Å². The molecule has 7 heteroatoms. The minimum atomic E-state index is -0.870. The van der Waals surface area contributed by atoms with Gasteiger partial charge in [-0.05, 0) is 45.4 Å². The highest BCUT2D eigenvalue weighted by Crippen LogP contribution is 2.30. The molecule has 1 atom stereocenters. The maximum atomic E-state index is 14.0. The van der Waals surface area contributed by atoms with Crippen LogP contribution in [0.15, 0.2) is 29.4 Å². The van der Waals surface area contributed by atoms with E-state index in [0.29, 0.717) is 5.56 Å². The second-order valence-corrected chi connectivity index (χ2v) is 6.29. The van der Waals surface area contributed by atoms with Crippen LogP contribution in [0.2, 0.25) is 0 Å². The summed E-state index contributed by atoms with van der Waals surface area (Å²) in [5, 5.41) is 4.33. The standard InChI is InChI=1S/C17H17F2N3O2/c1-9-8-22(17(3,4)16-20-10(2)15(23)24-16)21-14(9)13-11(18)6-5-7-12(13)19/h5-8,10H,1-4H3. The van der Waals surface area contributed by atoms with E-state index in [2.05, 4.69) is 10.1 Å². The molecule has 0 radical (unpaired) electrons. The summed E-state index contributed by atoms with van der Waals surface area (Å²) in [6.07, 6.45) is 1.65. The Balaban J connectivity index is 2.06. The number of rotatable bonds is 3. The topological polar surface area (TPSA) is 56.5 Å². The van der Waals surface area contributed by atoms with Crippen molar-refractivity contribution in [3.8, 4) is 11.3 Å². The number of ether oxygens (including phenoxy) is 1. The Bertz CT molecular complexity index is 835. The molecule has 0 fully saturated rings. The van der Waals surface area contributed by atoms with E-state index in [1.54, 1.807) is 33.9 Å². The number of carbonyl (C=O) groups excluding carboxylic acids is 1. The van der Waals surface area contributed by atoms with Gasteiger partial charge in [0.1, 0.15) is 28.9 Å². The predicted octanol–water partition coefficient (Wildman–Crippen LogP) is 3.22. The third-order valence-electron chi connectivity index (χ3n) is 4.04. The summed E-state index contributed by atoms with van der Waals surface area (Å²) in [6, 6.07) is 3.11. The first-order valence-corrected chi connectivity index (χ1v) is 7.53. The van der Waals surface area contributed by atoms with Gasteiger partial charge in [-0.25, -0.2) is 18.6 Å². The average molecular weight is 333 g/mol. The average Bonchev–Trinajstić information content (AvgIpc) is 3.04. The third-order valence-corrected chi connectivity index (χ3v) is 4.04. The largest absolute Gasteiger partial charge is 0.408 e. The van der Waals surface area contributed by atoms with Gasteiger partial charge in [0.05, 0.1) is 5.56 Å². The van der Waals surface area contributed by atoms with Crippen LogP contribution in [0.3, 0.4) is 0 Å². The highest BCUT2D eigenvalue weighted by molar-refractivity contribution is 6.00. The molecule has 0 saturated heterocycles. The lowest BCUT2D eigenvalue weighted by atomic mass is 10.1. The lowest BCUT2D eigenvalue weighted by Gasteiger charge is -2.23. The molecule has 0 amide bonds. The van der Waals surface area contributed by atoms with Crippen LogP contribution in [0.4, 0.5) is 8.78 Å². The van der Waals surface area contributed by atoms with Gasteiger partial charge in [-0.2, -0.15) is 5.10 Å². The Morgan fingerprint density at radius 2 is 1.88 bits per heavy atom. The van der Waals surface area contributed by atoms with Gasteiger partial charge in [0, 0.05) is 6.20 Å². The predicted molar refractivity (Wildman–Crippen MR) is 84.6 cm³/mol. The number of hydrogen-bond donors (Lipinski definition) is 0. The van der Waals surface area contributed by atoms with Crippen molar-refractivity contribution in [1.29, 1.82) is 0 Å². The fourth-order valence-corrected chi connectivity index (χ4v) is 2.53. The molecular weight excluding hydrogens is 316 g/mol. The number of aromatic nitrogens is 2. The third kappa shape index (κ3) is 2.50. The molecule has 0 saturated carbocycles. The molecule has 0 spiro atoms. The molecule has 1 unspecified atom stereocenters. The number of esters is 1. The summed E-state index contributed by atoms with van der Waals surface area (Å²) in [4.78, 5) is 15.8. The van der Waals surface area contributed by atoms with E-state index in [9.17, 15) is 13.6 Å². The summed E-state index contributed by atoms with van der Waals surface area (Å²) in [7, 11) is 0. The molecular formula is C17H17F2N3O2. The van der Waals surface area contributed by atoms with Gasteiger partial charge < -0.3 is 4.74 Å². The minimum Gasteiger partial charge on any atom is -0.408 e. The second kappa shape index (κ2) is 5.51. The Hall–Kier alpha value is -2.57. The number of benzene rings is 1. The number of aliphatic imine (C=N–C) groups is 1. The first-order valence-electron chi connectivity index (χ1n) is 7.53. The van der Waals surface area contributed by atoms with E-state index in [1.165, 1.54) is 22.9 Å². The van der Waals surface area contributed by atoms with Gasteiger partial charge >= 0.3 is 5.97 Å². The number of cyclic esters (lactones) is 1. The van der Waals surface area contributed by atoms with Crippen molar-refractivity contribution < 1.29 is 18.3 Å². The normalized spacial score (nSPS) is 17.8. The van der Waals surface area contributed by atoms with E-state index in [1.807, 2.05) is 0 Å². The molecule has 0 bridgehead atoms. The maximum absolute atomic E-state index is 14.0. The lowest BCUT2D eigenvalue weighted by Crippen LogP contribution is -2.37. The quantitative estimate of drug-likeness (QED) is 0.811. The van der Waals surface area contributed by atoms with Crippen molar-refractivity contribution in [2.75, 3.05) is 0 Å². The first kappa shape index (κ1) is 16.3. The molecule has 0 aliphatic carbocycles. The summed E-state index contributed by atoms with van der Waals surface area (Å²) in [5.74, 6) is -1.57. The van der Waals surface area contributed by atoms with Gasteiger partial charge in [-0.15, -0.1) is 0 Å². The number of aryl methyl sites for hydroxylation is 1. The fourth-order valence-electron chi connectivity index (χ4n) is 2.53. The molecule has 1 aliphatic rings. The molecule has 0 N–H and O–H groups in total. The summed E-state index contributed by atoms with van der Waals surface area (Å²) in [5.41, 5.74) is -0.240. The van der Waals surface area contributed by atoms with E-state index in [-0.39, 0.29) is 17.2 Å². The van der Waals surface area contributed by atoms with E-state index < -0.39 is 29.2 Å². The zero-order valence-corrected chi connectivity index (χ0v) is 13.8. The van der Waals surface area contributed by atoms with Crippen molar-refractivity contribution in [1.82, 2.24) is 9.78 Å². The Morgan fingerprint density at radius 1 is 1.25 bits per heavy atom. The van der Waals surface area contributed by atoms with Crippen molar-refractivity contribution in [2.24, 2.45) is 4.99 Å². The zero-order chi connectivity index (χ0) is 17.6. The smallest absolute Gasteiger partial charge is 0.337 e. The summed E-state index contributed by atoms with van der Waals surface area (Å²) >= 11 is 0. The SMILES string of the molecule is Cc1cn(C(C)(C)C2=NC(C)C(=O)O2)nc1-c1c(F)cccc1F. The van der Waals surface area contributed by atoms with E-state index in [4.69, 9.17) is 4.74 Å². The lowest BCUT2D eigenvalue weighted by molar-refractivity contribution is -0.135. The molecule has 1 aromatic carbocycles. The van der Waals surface area contributed by atoms with Crippen LogP contribution in [0.25, 0.3) is 11.3 Å². The maximum Gasteiger partial charge on any atom is 0.337 e. The Labute approximate surface area is 138 Å². The zero-order valence-electron chi connectivity index (χ0n) is 13.8. The monoisotopic (exact) mass is 333 g/mol. The second-order valence-electron chi connectivity index (χ2n) is 6.29. The van der Waals surface area contributed by atoms with Crippen molar-refractivity contribution >= 4 is 11.9 Å². The van der Waals surface area contributed by atoms with Crippen molar-refractivity contribution in [3.05, 3.63) is 41.6 Å². The molecule has 24 heavy (non-hydrogen) atoms. The van der Waals surface area contributed by atoms with Gasteiger partial charge in [0.15, 0.2) is 0 Å². The highest BCUT2D eigenvalue weighted by atomic mass is 19.1. The highest BCUT2D eigenvalue weighted by Gasteiger charge is 2.38. The summed E-state index contributed by atoms with van der Waals surface area (Å²) < 4.78 is 34.8.